The second kappa shape index (κ2) is 12.0. The molecule has 20 heavy (non-hydrogen) atoms. The molecular formula is C15H31N3O2. The molecule has 0 saturated heterocycles. The lowest BCUT2D eigenvalue weighted by Gasteiger charge is -2.12. The quantitative estimate of drug-likeness (QED) is 0.326. The average molecular weight is 285 g/mol. The highest BCUT2D eigenvalue weighted by Gasteiger charge is 2.20. The van der Waals surface area contributed by atoms with E-state index in [1.54, 1.807) is 7.05 Å². The van der Waals surface area contributed by atoms with Crippen molar-refractivity contribution in [3.8, 4) is 0 Å². The average Bonchev–Trinajstić information content (AvgIpc) is 3.28. The fourth-order valence-electron chi connectivity index (χ4n) is 1.73. The molecule has 0 atom stereocenters. The van der Waals surface area contributed by atoms with Crippen LogP contribution >= 0.6 is 0 Å². The van der Waals surface area contributed by atoms with Gasteiger partial charge in [0.2, 0.25) is 0 Å². The third-order valence-corrected chi connectivity index (χ3v) is 3.21. The lowest BCUT2D eigenvalue weighted by atomic mass is 10.4. The van der Waals surface area contributed by atoms with Crippen molar-refractivity contribution >= 4 is 5.96 Å². The van der Waals surface area contributed by atoms with Crippen molar-refractivity contribution in [1.82, 2.24) is 10.6 Å². The SMILES string of the molecule is CCCCOCCNC(=NC)NCCCOCC1CC1. The molecule has 0 unspecified atom stereocenters. The molecule has 1 saturated carbocycles. The van der Waals surface area contributed by atoms with Gasteiger partial charge in [0.1, 0.15) is 0 Å². The van der Waals surface area contributed by atoms with Gasteiger partial charge in [-0.2, -0.15) is 0 Å². The maximum Gasteiger partial charge on any atom is 0.191 e. The lowest BCUT2D eigenvalue weighted by molar-refractivity contribution is 0.122. The molecule has 1 fully saturated rings. The summed E-state index contributed by atoms with van der Waals surface area (Å²) in [5, 5.41) is 6.52. The number of unbranched alkanes of at least 4 members (excludes halogenated alkanes) is 1. The third-order valence-electron chi connectivity index (χ3n) is 3.21. The molecule has 0 aliphatic heterocycles. The second-order valence-electron chi connectivity index (χ2n) is 5.26. The summed E-state index contributed by atoms with van der Waals surface area (Å²) in [5.41, 5.74) is 0. The fourth-order valence-corrected chi connectivity index (χ4v) is 1.73. The summed E-state index contributed by atoms with van der Waals surface area (Å²) in [6, 6.07) is 0. The van der Waals surface area contributed by atoms with Crippen molar-refractivity contribution in [3.05, 3.63) is 0 Å². The Morgan fingerprint density at radius 1 is 1.05 bits per heavy atom. The number of aliphatic imine (C=N–C) groups is 1. The first-order valence-electron chi connectivity index (χ1n) is 7.96. The first-order valence-corrected chi connectivity index (χ1v) is 7.96. The molecule has 5 heteroatoms. The number of hydrogen-bond acceptors (Lipinski definition) is 3. The maximum absolute atomic E-state index is 5.59. The van der Waals surface area contributed by atoms with Gasteiger partial charge in [-0.15, -0.1) is 0 Å². The summed E-state index contributed by atoms with van der Waals surface area (Å²) in [6.45, 7) is 7.21. The van der Waals surface area contributed by atoms with Gasteiger partial charge in [0.15, 0.2) is 5.96 Å². The van der Waals surface area contributed by atoms with Gasteiger partial charge in [-0.05, 0) is 31.6 Å². The van der Waals surface area contributed by atoms with Crippen molar-refractivity contribution in [2.75, 3.05) is 46.6 Å². The van der Waals surface area contributed by atoms with E-state index < -0.39 is 0 Å². The fraction of sp³-hybridized carbons (Fsp3) is 0.933. The third kappa shape index (κ3) is 10.0. The predicted molar refractivity (Wildman–Crippen MR) is 83.3 cm³/mol. The van der Waals surface area contributed by atoms with Crippen molar-refractivity contribution in [2.45, 2.75) is 39.0 Å². The zero-order valence-corrected chi connectivity index (χ0v) is 13.1. The van der Waals surface area contributed by atoms with Crippen LogP contribution in [0.3, 0.4) is 0 Å². The van der Waals surface area contributed by atoms with Gasteiger partial charge in [0.05, 0.1) is 6.61 Å². The van der Waals surface area contributed by atoms with E-state index in [-0.39, 0.29) is 0 Å². The highest BCUT2D eigenvalue weighted by atomic mass is 16.5. The maximum atomic E-state index is 5.59. The second-order valence-corrected chi connectivity index (χ2v) is 5.26. The van der Waals surface area contributed by atoms with Gasteiger partial charge in [-0.25, -0.2) is 0 Å². The number of rotatable bonds is 12. The molecule has 0 spiro atoms. The van der Waals surface area contributed by atoms with Crippen molar-refractivity contribution in [3.63, 3.8) is 0 Å². The van der Waals surface area contributed by atoms with Gasteiger partial charge in [0.25, 0.3) is 0 Å². The van der Waals surface area contributed by atoms with Gasteiger partial charge < -0.3 is 20.1 Å². The molecule has 1 aliphatic carbocycles. The van der Waals surface area contributed by atoms with Crippen LogP contribution in [-0.4, -0.2) is 52.5 Å². The van der Waals surface area contributed by atoms with E-state index in [2.05, 4.69) is 22.5 Å². The van der Waals surface area contributed by atoms with Crippen LogP contribution in [0, 0.1) is 5.92 Å². The summed E-state index contributed by atoms with van der Waals surface area (Å²) in [5.74, 6) is 1.69. The Kier molecular flexibility index (Phi) is 10.3. The molecule has 0 aromatic heterocycles. The van der Waals surface area contributed by atoms with Crippen LogP contribution in [0.25, 0.3) is 0 Å². The zero-order chi connectivity index (χ0) is 14.5. The number of hydrogen-bond donors (Lipinski definition) is 2. The van der Waals surface area contributed by atoms with Crippen molar-refractivity contribution in [1.29, 1.82) is 0 Å². The Balaban J connectivity index is 1.85. The smallest absolute Gasteiger partial charge is 0.191 e. The largest absolute Gasteiger partial charge is 0.381 e. The van der Waals surface area contributed by atoms with Crippen LogP contribution in [0.4, 0.5) is 0 Å². The molecule has 1 aliphatic rings. The molecule has 0 amide bonds. The number of nitrogens with one attached hydrogen (secondary N) is 2. The monoisotopic (exact) mass is 285 g/mol. The highest BCUT2D eigenvalue weighted by molar-refractivity contribution is 5.79. The van der Waals surface area contributed by atoms with E-state index in [1.165, 1.54) is 19.3 Å². The highest BCUT2D eigenvalue weighted by Crippen LogP contribution is 2.28. The Labute approximate surface area is 123 Å². The number of guanidine groups is 1. The minimum absolute atomic E-state index is 0.727. The standard InChI is InChI=1S/C15H31N3O2/c1-3-4-10-19-12-9-18-15(16-2)17-8-5-11-20-13-14-6-7-14/h14H,3-13H2,1-2H3,(H2,16,17,18). The van der Waals surface area contributed by atoms with Gasteiger partial charge >= 0.3 is 0 Å². The van der Waals surface area contributed by atoms with Crippen LogP contribution in [0.2, 0.25) is 0 Å². The lowest BCUT2D eigenvalue weighted by Crippen LogP contribution is -2.39. The Bertz CT molecular complexity index is 256. The topological polar surface area (TPSA) is 54.9 Å². The summed E-state index contributed by atoms with van der Waals surface area (Å²) >= 11 is 0. The molecular weight excluding hydrogens is 254 g/mol. The Morgan fingerprint density at radius 3 is 2.50 bits per heavy atom. The van der Waals surface area contributed by atoms with Crippen LogP contribution in [0.15, 0.2) is 4.99 Å². The van der Waals surface area contributed by atoms with Gasteiger partial charge in [0, 0.05) is 40.0 Å². The van der Waals surface area contributed by atoms with E-state index in [4.69, 9.17) is 9.47 Å². The normalized spacial score (nSPS) is 15.4. The van der Waals surface area contributed by atoms with Crippen molar-refractivity contribution in [2.24, 2.45) is 10.9 Å². The van der Waals surface area contributed by atoms with Gasteiger partial charge in [-0.3, -0.25) is 4.99 Å². The first-order chi connectivity index (χ1) is 9.86. The molecule has 0 bridgehead atoms. The van der Waals surface area contributed by atoms with Crippen LogP contribution in [0.1, 0.15) is 39.0 Å². The molecule has 0 aromatic carbocycles. The molecule has 1 rings (SSSR count). The van der Waals surface area contributed by atoms with E-state index >= 15 is 0 Å². The summed E-state index contributed by atoms with van der Waals surface area (Å²) in [4.78, 5) is 4.18. The molecule has 0 heterocycles. The van der Waals surface area contributed by atoms with Crippen LogP contribution in [-0.2, 0) is 9.47 Å². The molecule has 118 valence electrons. The molecule has 2 N–H and O–H groups in total. The summed E-state index contributed by atoms with van der Waals surface area (Å²) in [6.07, 6.45) is 6.04. The minimum atomic E-state index is 0.727. The van der Waals surface area contributed by atoms with E-state index in [0.717, 1.165) is 64.2 Å². The van der Waals surface area contributed by atoms with E-state index in [1.807, 2.05) is 0 Å². The first kappa shape index (κ1) is 17.2. The number of nitrogens with zero attached hydrogens (tertiary/aromatic N) is 1. The summed E-state index contributed by atoms with van der Waals surface area (Å²) in [7, 11) is 1.79. The Hall–Kier alpha value is -0.810. The van der Waals surface area contributed by atoms with Crippen LogP contribution < -0.4 is 10.6 Å². The molecule has 5 nitrogen and oxygen atoms in total. The zero-order valence-electron chi connectivity index (χ0n) is 13.1. The number of ether oxygens (including phenoxy) is 2. The minimum Gasteiger partial charge on any atom is -0.381 e. The van der Waals surface area contributed by atoms with E-state index in [9.17, 15) is 0 Å². The molecule has 0 radical (unpaired) electrons. The molecule has 0 aromatic rings. The summed E-state index contributed by atoms with van der Waals surface area (Å²) < 4.78 is 11.1. The van der Waals surface area contributed by atoms with Crippen molar-refractivity contribution < 1.29 is 9.47 Å². The van der Waals surface area contributed by atoms with Crippen LogP contribution in [0.5, 0.6) is 0 Å². The van der Waals surface area contributed by atoms with Gasteiger partial charge in [-0.1, -0.05) is 13.3 Å². The Morgan fingerprint density at radius 2 is 1.80 bits per heavy atom. The van der Waals surface area contributed by atoms with E-state index in [0.29, 0.717) is 0 Å². The predicted octanol–water partition coefficient (Wildman–Crippen LogP) is 1.78.